The molecule has 0 aromatic heterocycles. The highest BCUT2D eigenvalue weighted by Gasteiger charge is 2.14. The number of carbonyl (C=O) groups is 1. The molecule has 0 aliphatic heterocycles. The number of carbonyl (C=O) groups excluding carboxylic acids is 1. The van der Waals surface area contributed by atoms with E-state index in [-0.39, 0.29) is 15.8 Å². The van der Waals surface area contributed by atoms with E-state index in [1.54, 1.807) is 6.92 Å². The molecule has 0 fully saturated rings. The van der Waals surface area contributed by atoms with Crippen LogP contribution in [0.2, 0.25) is 5.02 Å². The highest BCUT2D eigenvalue weighted by molar-refractivity contribution is 7.89. The Kier molecular flexibility index (Phi) is 5.43. The fraction of sp³-hybridized carbons (Fsp3) is 0.133. The molecular formula is C15H15ClFN3O3S. The van der Waals surface area contributed by atoms with Crippen LogP contribution in [0, 0.1) is 5.82 Å². The second-order valence-electron chi connectivity index (χ2n) is 5.05. The Hall–Kier alpha value is -2.16. The highest BCUT2D eigenvalue weighted by atomic mass is 35.5. The van der Waals surface area contributed by atoms with Gasteiger partial charge < -0.3 is 10.6 Å². The quantitative estimate of drug-likeness (QED) is 0.751. The van der Waals surface area contributed by atoms with Crippen molar-refractivity contribution < 1.29 is 17.6 Å². The van der Waals surface area contributed by atoms with Gasteiger partial charge in [0.2, 0.25) is 15.9 Å². The molecule has 0 saturated carbocycles. The zero-order chi connectivity index (χ0) is 17.9. The van der Waals surface area contributed by atoms with Crippen molar-refractivity contribution in [3.63, 3.8) is 0 Å². The lowest BCUT2D eigenvalue weighted by atomic mass is 10.2. The van der Waals surface area contributed by atoms with E-state index in [9.17, 15) is 17.6 Å². The van der Waals surface area contributed by atoms with E-state index in [2.05, 4.69) is 10.6 Å². The molecule has 0 spiro atoms. The van der Waals surface area contributed by atoms with Gasteiger partial charge in [0.05, 0.1) is 9.92 Å². The summed E-state index contributed by atoms with van der Waals surface area (Å²) < 4.78 is 35.5. The van der Waals surface area contributed by atoms with Gasteiger partial charge in [-0.25, -0.2) is 17.9 Å². The van der Waals surface area contributed by atoms with Crippen LogP contribution in [0.3, 0.4) is 0 Å². The summed E-state index contributed by atoms with van der Waals surface area (Å²) in [5.74, 6) is -0.909. The van der Waals surface area contributed by atoms with Crippen molar-refractivity contribution in [1.29, 1.82) is 0 Å². The number of hydrogen-bond acceptors (Lipinski definition) is 4. The van der Waals surface area contributed by atoms with E-state index in [4.69, 9.17) is 16.7 Å². The van der Waals surface area contributed by atoms with Crippen LogP contribution in [0.15, 0.2) is 47.4 Å². The molecule has 1 amide bonds. The Morgan fingerprint density at radius 3 is 2.29 bits per heavy atom. The van der Waals surface area contributed by atoms with Gasteiger partial charge in [0.1, 0.15) is 11.9 Å². The van der Waals surface area contributed by atoms with Gasteiger partial charge in [-0.1, -0.05) is 11.6 Å². The van der Waals surface area contributed by atoms with Crippen molar-refractivity contribution in [3.05, 3.63) is 53.3 Å². The fourth-order valence-electron chi connectivity index (χ4n) is 1.88. The molecule has 0 heterocycles. The first kappa shape index (κ1) is 18.2. The Bertz CT molecular complexity index is 857. The molecule has 1 atom stereocenters. The van der Waals surface area contributed by atoms with Crippen LogP contribution in [0.4, 0.5) is 15.8 Å². The normalized spacial score (nSPS) is 12.5. The zero-order valence-corrected chi connectivity index (χ0v) is 14.2. The van der Waals surface area contributed by atoms with Crippen molar-refractivity contribution in [2.45, 2.75) is 17.9 Å². The minimum absolute atomic E-state index is 0.0485. The number of amides is 1. The van der Waals surface area contributed by atoms with Gasteiger partial charge in [-0.2, -0.15) is 0 Å². The van der Waals surface area contributed by atoms with E-state index in [0.29, 0.717) is 11.4 Å². The van der Waals surface area contributed by atoms with Crippen LogP contribution in [-0.4, -0.2) is 20.4 Å². The van der Waals surface area contributed by atoms with Gasteiger partial charge in [0.15, 0.2) is 0 Å². The molecule has 24 heavy (non-hydrogen) atoms. The van der Waals surface area contributed by atoms with Gasteiger partial charge in [0.25, 0.3) is 0 Å². The summed E-state index contributed by atoms with van der Waals surface area (Å²) in [7, 11) is -3.78. The molecule has 0 saturated heterocycles. The summed E-state index contributed by atoms with van der Waals surface area (Å²) in [6.07, 6.45) is 0. The minimum Gasteiger partial charge on any atom is -0.374 e. The number of sulfonamides is 1. The predicted octanol–water partition coefficient (Wildman–Crippen LogP) is 2.57. The third kappa shape index (κ3) is 4.67. The van der Waals surface area contributed by atoms with Crippen LogP contribution in [0.25, 0.3) is 0 Å². The van der Waals surface area contributed by atoms with E-state index in [1.807, 2.05) is 0 Å². The van der Waals surface area contributed by atoms with Gasteiger partial charge >= 0.3 is 0 Å². The molecule has 9 heteroatoms. The summed E-state index contributed by atoms with van der Waals surface area (Å²) in [6, 6.07) is 8.85. The van der Waals surface area contributed by atoms with Crippen LogP contribution in [0.5, 0.6) is 0 Å². The average molecular weight is 372 g/mol. The van der Waals surface area contributed by atoms with Crippen molar-refractivity contribution in [2.75, 3.05) is 10.6 Å². The van der Waals surface area contributed by atoms with Crippen LogP contribution in [-0.2, 0) is 14.8 Å². The Balaban J connectivity index is 2.02. The van der Waals surface area contributed by atoms with E-state index in [1.165, 1.54) is 42.5 Å². The predicted molar refractivity (Wildman–Crippen MR) is 90.9 cm³/mol. The van der Waals surface area contributed by atoms with Crippen LogP contribution >= 0.6 is 11.6 Å². The Morgan fingerprint density at radius 1 is 1.17 bits per heavy atom. The number of primary sulfonamides is 1. The first-order valence-corrected chi connectivity index (χ1v) is 8.74. The van der Waals surface area contributed by atoms with Crippen molar-refractivity contribution in [3.8, 4) is 0 Å². The lowest BCUT2D eigenvalue weighted by Gasteiger charge is -2.15. The maximum atomic E-state index is 13.1. The molecule has 4 N–H and O–H groups in total. The fourth-order valence-corrected chi connectivity index (χ4v) is 2.58. The largest absolute Gasteiger partial charge is 0.374 e. The Labute approximate surface area is 143 Å². The molecular weight excluding hydrogens is 357 g/mol. The maximum Gasteiger partial charge on any atom is 0.246 e. The first-order valence-electron chi connectivity index (χ1n) is 6.82. The third-order valence-corrected chi connectivity index (χ3v) is 4.37. The number of rotatable bonds is 5. The van der Waals surface area contributed by atoms with E-state index < -0.39 is 21.9 Å². The summed E-state index contributed by atoms with van der Waals surface area (Å²) >= 11 is 5.68. The van der Waals surface area contributed by atoms with Crippen molar-refractivity contribution in [2.24, 2.45) is 5.14 Å². The summed E-state index contributed by atoms with van der Waals surface area (Å²) in [6.45, 7) is 1.62. The number of anilines is 2. The zero-order valence-electron chi connectivity index (χ0n) is 12.6. The number of benzene rings is 2. The Morgan fingerprint density at radius 2 is 1.75 bits per heavy atom. The maximum absolute atomic E-state index is 13.1. The van der Waals surface area contributed by atoms with Crippen LogP contribution < -0.4 is 15.8 Å². The number of nitrogens with one attached hydrogen (secondary N) is 2. The standard InChI is InChI=1S/C15H15ClFN3O3S/c1-9(19-11-4-7-14(17)13(16)8-11)15(21)20-10-2-5-12(6-3-10)24(18,22)23/h2-9,19H,1H3,(H,20,21)(H2,18,22,23)/t9-/m0/s1. The van der Waals surface area contributed by atoms with Gasteiger partial charge in [-0.05, 0) is 49.4 Å². The molecule has 0 aliphatic rings. The van der Waals surface area contributed by atoms with Crippen molar-refractivity contribution in [1.82, 2.24) is 0 Å². The van der Waals surface area contributed by atoms with Gasteiger partial charge in [-0.15, -0.1) is 0 Å². The van der Waals surface area contributed by atoms with Crippen LogP contribution in [0.1, 0.15) is 6.92 Å². The monoisotopic (exact) mass is 371 g/mol. The molecule has 128 valence electrons. The minimum atomic E-state index is -3.78. The van der Waals surface area contributed by atoms with Gasteiger partial charge in [-0.3, -0.25) is 4.79 Å². The molecule has 2 rings (SSSR count). The third-order valence-electron chi connectivity index (χ3n) is 3.15. The highest BCUT2D eigenvalue weighted by Crippen LogP contribution is 2.20. The summed E-state index contributed by atoms with van der Waals surface area (Å²) in [4.78, 5) is 12.1. The lowest BCUT2D eigenvalue weighted by Crippen LogP contribution is -2.31. The number of nitrogens with two attached hydrogens (primary N) is 1. The molecule has 0 bridgehead atoms. The molecule has 2 aromatic carbocycles. The number of hydrogen-bond donors (Lipinski definition) is 3. The van der Waals surface area contributed by atoms with E-state index >= 15 is 0 Å². The van der Waals surface area contributed by atoms with Crippen molar-refractivity contribution >= 4 is 38.9 Å². The lowest BCUT2D eigenvalue weighted by molar-refractivity contribution is -0.116. The second-order valence-corrected chi connectivity index (χ2v) is 7.02. The number of halogens is 2. The molecule has 6 nitrogen and oxygen atoms in total. The van der Waals surface area contributed by atoms with Gasteiger partial charge in [0, 0.05) is 11.4 Å². The SMILES string of the molecule is C[C@H](Nc1ccc(F)c(Cl)c1)C(=O)Nc1ccc(S(N)(=O)=O)cc1. The molecule has 0 unspecified atom stereocenters. The molecule has 2 aromatic rings. The second kappa shape index (κ2) is 7.16. The molecule has 0 radical (unpaired) electrons. The molecule has 0 aliphatic carbocycles. The van der Waals surface area contributed by atoms with E-state index in [0.717, 1.165) is 0 Å². The summed E-state index contributed by atoms with van der Waals surface area (Å²) in [5, 5.41) is 10.5. The smallest absolute Gasteiger partial charge is 0.246 e. The first-order chi connectivity index (χ1) is 11.2. The average Bonchev–Trinajstić information content (AvgIpc) is 2.50. The topological polar surface area (TPSA) is 101 Å². The summed E-state index contributed by atoms with van der Waals surface area (Å²) in [5.41, 5.74) is 0.909.